The van der Waals surface area contributed by atoms with Gasteiger partial charge in [0, 0.05) is 37.3 Å². The molecule has 1 aromatic rings. The Bertz CT molecular complexity index is 960. The number of ketones is 1. The lowest BCUT2D eigenvalue weighted by Crippen LogP contribution is -2.52. The Morgan fingerprint density at radius 1 is 1.24 bits per heavy atom. The summed E-state index contributed by atoms with van der Waals surface area (Å²) in [7, 11) is 0. The number of benzene rings is 1. The zero-order chi connectivity index (χ0) is 22.5. The third kappa shape index (κ3) is 3.96. The van der Waals surface area contributed by atoms with Crippen molar-refractivity contribution >= 4 is 11.5 Å². The second-order valence-electron chi connectivity index (χ2n) is 10.8. The van der Waals surface area contributed by atoms with Crippen molar-refractivity contribution < 1.29 is 13.9 Å². The molecule has 176 valence electrons. The number of hydrogen-bond donors (Lipinski definition) is 1. The Labute approximate surface area is 195 Å². The molecule has 4 heterocycles. The molecule has 2 bridgehead atoms. The summed E-state index contributed by atoms with van der Waals surface area (Å²) >= 11 is 0. The van der Waals surface area contributed by atoms with Crippen molar-refractivity contribution in [1.82, 2.24) is 10.2 Å². The van der Waals surface area contributed by atoms with Crippen LogP contribution >= 0.6 is 0 Å². The average molecular weight is 453 g/mol. The predicted molar refractivity (Wildman–Crippen MR) is 122 cm³/mol. The van der Waals surface area contributed by atoms with Crippen molar-refractivity contribution in [3.8, 4) is 6.07 Å². The van der Waals surface area contributed by atoms with Crippen LogP contribution in [0.4, 0.5) is 10.1 Å². The van der Waals surface area contributed by atoms with Gasteiger partial charge in [0.15, 0.2) is 5.78 Å². The molecule has 7 heteroatoms. The first-order valence-corrected chi connectivity index (χ1v) is 12.6. The second-order valence-corrected chi connectivity index (χ2v) is 10.8. The van der Waals surface area contributed by atoms with Crippen molar-refractivity contribution in [3.63, 3.8) is 0 Å². The number of Topliss-reactive ketones (excluding diaryl/α,β-unsaturated/α-hetero) is 1. The Kier molecular flexibility index (Phi) is 5.64. The van der Waals surface area contributed by atoms with Crippen LogP contribution in [0.15, 0.2) is 18.2 Å². The molecule has 2 unspecified atom stereocenters. The number of piperidine rings is 1. The van der Waals surface area contributed by atoms with Crippen LogP contribution in [0.1, 0.15) is 37.7 Å². The molecular weight excluding hydrogens is 419 g/mol. The fourth-order valence-electron chi connectivity index (χ4n) is 6.99. The highest BCUT2D eigenvalue weighted by molar-refractivity contribution is 5.85. The van der Waals surface area contributed by atoms with Crippen LogP contribution in [-0.4, -0.2) is 67.7 Å². The first-order chi connectivity index (χ1) is 16.1. The van der Waals surface area contributed by atoms with E-state index in [1.807, 2.05) is 12.1 Å². The molecule has 1 aliphatic carbocycles. The zero-order valence-corrected chi connectivity index (χ0v) is 19.1. The van der Waals surface area contributed by atoms with Gasteiger partial charge < -0.3 is 15.0 Å². The number of hydrogen-bond acceptors (Lipinski definition) is 6. The molecule has 0 aromatic heterocycles. The van der Waals surface area contributed by atoms with Crippen molar-refractivity contribution in [3.05, 3.63) is 29.6 Å². The highest BCUT2D eigenvalue weighted by Crippen LogP contribution is 2.38. The lowest BCUT2D eigenvalue weighted by Gasteiger charge is -2.38. The monoisotopic (exact) mass is 452 g/mol. The SMILES string of the molecule is N#C[C@@H](CC(=O)[C@H]1N[C@@H]2CC[C@H]1C2)Cc1ccc(N2CC3CCN(C4COC4)C3C2)cc1F. The first kappa shape index (κ1) is 21.5. The van der Waals surface area contributed by atoms with Gasteiger partial charge in [-0.3, -0.25) is 9.69 Å². The summed E-state index contributed by atoms with van der Waals surface area (Å²) in [6.07, 6.45) is 5.03. The number of ether oxygens (including phenoxy) is 1. The molecule has 1 aromatic carbocycles. The summed E-state index contributed by atoms with van der Waals surface area (Å²) < 4.78 is 20.4. The smallest absolute Gasteiger partial charge is 0.151 e. The van der Waals surface area contributed by atoms with Gasteiger partial charge in [0.25, 0.3) is 0 Å². The highest BCUT2D eigenvalue weighted by atomic mass is 19.1. The van der Waals surface area contributed by atoms with Gasteiger partial charge in [-0.15, -0.1) is 0 Å². The summed E-state index contributed by atoms with van der Waals surface area (Å²) in [6, 6.07) is 9.15. The van der Waals surface area contributed by atoms with E-state index in [2.05, 4.69) is 21.2 Å². The largest absolute Gasteiger partial charge is 0.378 e. The summed E-state index contributed by atoms with van der Waals surface area (Å²) in [5.41, 5.74) is 1.46. The lowest BCUT2D eigenvalue weighted by molar-refractivity contribution is -0.122. The maximum Gasteiger partial charge on any atom is 0.151 e. The number of halogens is 1. The number of carbonyl (C=O) groups excluding carboxylic acids is 1. The predicted octanol–water partition coefficient (Wildman–Crippen LogP) is 2.52. The molecular formula is C26H33FN4O2. The Morgan fingerprint density at radius 3 is 2.79 bits per heavy atom. The molecule has 4 saturated heterocycles. The summed E-state index contributed by atoms with van der Waals surface area (Å²) in [5.74, 6) is 0.436. The zero-order valence-electron chi connectivity index (χ0n) is 19.1. The fourth-order valence-corrected chi connectivity index (χ4v) is 6.99. The number of nitriles is 1. The van der Waals surface area contributed by atoms with Crippen molar-refractivity contribution in [2.24, 2.45) is 17.8 Å². The number of nitrogens with zero attached hydrogens (tertiary/aromatic N) is 3. The van der Waals surface area contributed by atoms with Crippen LogP contribution in [0.2, 0.25) is 0 Å². The van der Waals surface area contributed by atoms with E-state index in [1.165, 1.54) is 6.42 Å². The Balaban J connectivity index is 1.08. The molecule has 0 amide bonds. The van der Waals surface area contributed by atoms with Crippen LogP contribution in [-0.2, 0) is 16.0 Å². The van der Waals surface area contributed by atoms with Gasteiger partial charge in [-0.25, -0.2) is 4.39 Å². The summed E-state index contributed by atoms with van der Waals surface area (Å²) in [4.78, 5) is 17.7. The minimum absolute atomic E-state index is 0.104. The van der Waals surface area contributed by atoms with Gasteiger partial charge in [-0.1, -0.05) is 6.07 Å². The second kappa shape index (κ2) is 8.65. The molecule has 5 fully saturated rings. The molecule has 5 aliphatic rings. The van der Waals surface area contributed by atoms with Gasteiger partial charge in [-0.2, -0.15) is 5.26 Å². The molecule has 6 nitrogen and oxygen atoms in total. The molecule has 33 heavy (non-hydrogen) atoms. The molecule has 1 saturated carbocycles. The average Bonchev–Trinajstić information content (AvgIpc) is 3.55. The van der Waals surface area contributed by atoms with Crippen LogP contribution in [0.5, 0.6) is 0 Å². The molecule has 6 rings (SSSR count). The fraction of sp³-hybridized carbons (Fsp3) is 0.692. The molecule has 1 N–H and O–H groups in total. The first-order valence-electron chi connectivity index (χ1n) is 12.6. The highest BCUT2D eigenvalue weighted by Gasteiger charge is 2.45. The minimum atomic E-state index is -0.483. The van der Waals surface area contributed by atoms with Gasteiger partial charge in [0.05, 0.1) is 37.3 Å². The summed E-state index contributed by atoms with van der Waals surface area (Å²) in [6.45, 7) is 4.74. The Morgan fingerprint density at radius 2 is 2.12 bits per heavy atom. The van der Waals surface area contributed by atoms with E-state index in [9.17, 15) is 10.1 Å². The van der Waals surface area contributed by atoms with Crippen LogP contribution in [0.25, 0.3) is 0 Å². The van der Waals surface area contributed by atoms with E-state index >= 15 is 4.39 Å². The van der Waals surface area contributed by atoms with Crippen LogP contribution < -0.4 is 10.2 Å². The Hall–Kier alpha value is -2.01. The van der Waals surface area contributed by atoms with Crippen molar-refractivity contribution in [2.45, 2.75) is 62.7 Å². The lowest BCUT2D eigenvalue weighted by atomic mass is 9.88. The quantitative estimate of drug-likeness (QED) is 0.686. The standard InChI is InChI=1S/C26H33FN4O2/c27-23-10-21(30-12-19-5-6-31(24(19)13-30)22-14-33-15-22)4-2-17(23)7-16(11-28)8-25(32)26-18-1-3-20(9-18)29-26/h2,4,10,16,18-20,22,24,26,29H,1,3,5-9,12-15H2/t16-,18+,19?,20-,24?,26+/m1/s1. The van der Waals surface area contributed by atoms with Crippen molar-refractivity contribution in [1.29, 1.82) is 5.26 Å². The van der Waals surface area contributed by atoms with Gasteiger partial charge >= 0.3 is 0 Å². The van der Waals surface area contributed by atoms with Crippen LogP contribution in [0.3, 0.4) is 0 Å². The van der Waals surface area contributed by atoms with E-state index in [4.69, 9.17) is 4.74 Å². The molecule has 0 radical (unpaired) electrons. The van der Waals surface area contributed by atoms with E-state index in [-0.39, 0.29) is 30.5 Å². The number of likely N-dealkylation sites (tertiary alicyclic amines) is 1. The van der Waals surface area contributed by atoms with Gasteiger partial charge in [-0.05, 0) is 68.2 Å². The van der Waals surface area contributed by atoms with E-state index < -0.39 is 5.92 Å². The number of carbonyl (C=O) groups is 1. The van der Waals surface area contributed by atoms with E-state index in [0.29, 0.717) is 35.5 Å². The number of anilines is 1. The van der Waals surface area contributed by atoms with E-state index in [1.54, 1.807) is 6.07 Å². The third-order valence-corrected chi connectivity index (χ3v) is 8.89. The van der Waals surface area contributed by atoms with Crippen molar-refractivity contribution in [2.75, 3.05) is 37.7 Å². The van der Waals surface area contributed by atoms with Gasteiger partial charge in [0.1, 0.15) is 5.82 Å². The van der Waals surface area contributed by atoms with Crippen LogP contribution in [0, 0.1) is 34.9 Å². The van der Waals surface area contributed by atoms with Gasteiger partial charge in [0.2, 0.25) is 0 Å². The maximum atomic E-state index is 15.1. The third-order valence-electron chi connectivity index (χ3n) is 8.89. The number of nitrogens with one attached hydrogen (secondary N) is 1. The topological polar surface area (TPSA) is 68.6 Å². The molecule has 4 aliphatic heterocycles. The maximum absolute atomic E-state index is 15.1. The minimum Gasteiger partial charge on any atom is -0.378 e. The molecule has 0 spiro atoms. The van der Waals surface area contributed by atoms with E-state index in [0.717, 1.165) is 57.8 Å². The molecule has 6 atom stereocenters. The summed E-state index contributed by atoms with van der Waals surface area (Å²) in [5, 5.41) is 13.1. The number of rotatable bonds is 7. The number of fused-ring (bicyclic) bond motifs is 3. The normalized spacial score (nSPS) is 34.3.